The third-order valence-corrected chi connectivity index (χ3v) is 2.04. The van der Waals surface area contributed by atoms with Crippen LogP contribution in [0.5, 0.6) is 0 Å². The summed E-state index contributed by atoms with van der Waals surface area (Å²) in [5.74, 6) is 0. The number of benzene rings is 1. The lowest BCUT2D eigenvalue weighted by atomic mass is 10.2. The average Bonchev–Trinajstić information content (AvgIpc) is 2.35. The van der Waals surface area contributed by atoms with Crippen molar-refractivity contribution in [1.82, 2.24) is 10.4 Å². The Morgan fingerprint density at radius 1 is 1.25 bits per heavy atom. The lowest BCUT2D eigenvalue weighted by Gasteiger charge is -2.21. The van der Waals surface area contributed by atoms with Gasteiger partial charge in [-0.3, -0.25) is 0 Å². The Kier molecular flexibility index (Phi) is 5.18. The molecule has 0 saturated heterocycles. The highest BCUT2D eigenvalue weighted by Crippen LogP contribution is 2.15. The molecule has 0 atom stereocenters. The van der Waals surface area contributed by atoms with Crippen molar-refractivity contribution < 1.29 is 27.5 Å². The molecular weight excluding hydrogens is 279 g/mol. The van der Waals surface area contributed by atoms with Gasteiger partial charge in [-0.15, -0.1) is 0 Å². The first kappa shape index (κ1) is 15.6. The maximum atomic E-state index is 12.1. The largest absolute Gasteiger partial charge is 0.443 e. The van der Waals surface area contributed by atoms with Gasteiger partial charge in [0.05, 0.1) is 0 Å². The van der Waals surface area contributed by atoms with Gasteiger partial charge in [0, 0.05) is 0 Å². The van der Waals surface area contributed by atoms with Crippen LogP contribution in [0.1, 0.15) is 5.56 Å². The molecule has 20 heavy (non-hydrogen) atoms. The van der Waals surface area contributed by atoms with Gasteiger partial charge in [-0.25, -0.2) is 20.0 Å². The minimum atomic E-state index is -4.69. The van der Waals surface area contributed by atoms with E-state index >= 15 is 0 Å². The minimum Gasteiger partial charge on any atom is -0.443 e. The lowest BCUT2D eigenvalue weighted by molar-refractivity contribution is -0.143. The number of ether oxygens (including phenoxy) is 1. The summed E-state index contributed by atoms with van der Waals surface area (Å²) in [4.78, 5) is 22.0. The second kappa shape index (κ2) is 6.64. The maximum Gasteiger partial charge on any atom is 0.426 e. The summed E-state index contributed by atoms with van der Waals surface area (Å²) in [6.07, 6.45) is -5.90. The molecule has 0 radical (unpaired) electrons. The van der Waals surface area contributed by atoms with Crippen molar-refractivity contribution in [3.63, 3.8) is 0 Å². The molecule has 1 aromatic carbocycles. The summed E-state index contributed by atoms with van der Waals surface area (Å²) in [6, 6.07) is 7.04. The van der Waals surface area contributed by atoms with Crippen LogP contribution in [0.3, 0.4) is 0 Å². The fourth-order valence-electron chi connectivity index (χ4n) is 1.22. The summed E-state index contributed by atoms with van der Waals surface area (Å²) in [6.45, 7) is -1.85. The van der Waals surface area contributed by atoms with Gasteiger partial charge in [0.15, 0.2) is 0 Å². The van der Waals surface area contributed by atoms with Crippen LogP contribution in [0.4, 0.5) is 22.8 Å². The lowest BCUT2D eigenvalue weighted by Crippen LogP contribution is -2.52. The number of rotatable bonds is 3. The van der Waals surface area contributed by atoms with Crippen LogP contribution in [0, 0.1) is 0 Å². The van der Waals surface area contributed by atoms with E-state index in [1.165, 1.54) is 0 Å². The number of hydrogen-bond donors (Lipinski definition) is 2. The number of urea groups is 1. The highest BCUT2D eigenvalue weighted by molar-refractivity contribution is 5.76. The standard InChI is InChI=1S/C11H12F3N3O3/c12-11(13,14)7-17(9(15)18)16-10(19)20-6-8-4-2-1-3-5-8/h1-5H,6-7H2,(H2,15,18)(H,16,19). The van der Waals surface area contributed by atoms with Gasteiger partial charge in [0.1, 0.15) is 13.2 Å². The highest BCUT2D eigenvalue weighted by Gasteiger charge is 2.33. The van der Waals surface area contributed by atoms with Gasteiger partial charge < -0.3 is 10.5 Å². The van der Waals surface area contributed by atoms with Gasteiger partial charge in [-0.1, -0.05) is 30.3 Å². The van der Waals surface area contributed by atoms with E-state index in [1.807, 2.05) is 0 Å². The number of hydrazine groups is 1. The zero-order chi connectivity index (χ0) is 15.2. The summed E-state index contributed by atoms with van der Waals surface area (Å²) < 4.78 is 41.0. The smallest absolute Gasteiger partial charge is 0.426 e. The fraction of sp³-hybridized carbons (Fsp3) is 0.273. The molecule has 6 nitrogen and oxygen atoms in total. The molecule has 0 aliphatic rings. The Morgan fingerprint density at radius 2 is 1.85 bits per heavy atom. The van der Waals surface area contributed by atoms with Crippen molar-refractivity contribution in [2.45, 2.75) is 12.8 Å². The fourth-order valence-corrected chi connectivity index (χ4v) is 1.22. The van der Waals surface area contributed by atoms with Gasteiger partial charge >= 0.3 is 18.3 Å². The average molecular weight is 291 g/mol. The maximum absolute atomic E-state index is 12.1. The van der Waals surface area contributed by atoms with Gasteiger partial charge in [-0.2, -0.15) is 13.2 Å². The van der Waals surface area contributed by atoms with Crippen molar-refractivity contribution in [3.05, 3.63) is 35.9 Å². The number of nitrogens with one attached hydrogen (secondary N) is 1. The number of carbonyl (C=O) groups is 2. The Labute approximate surface area is 112 Å². The predicted molar refractivity (Wildman–Crippen MR) is 62.1 cm³/mol. The predicted octanol–water partition coefficient (Wildman–Crippen LogP) is 1.77. The van der Waals surface area contributed by atoms with Gasteiger partial charge in [0.25, 0.3) is 0 Å². The molecule has 3 amide bonds. The number of halogens is 3. The third-order valence-electron chi connectivity index (χ3n) is 2.04. The molecule has 0 bridgehead atoms. The Balaban J connectivity index is 2.48. The Hall–Kier alpha value is -2.45. The topological polar surface area (TPSA) is 84.7 Å². The molecule has 0 aromatic heterocycles. The Morgan fingerprint density at radius 3 is 2.35 bits per heavy atom. The number of nitrogens with zero attached hydrogens (tertiary/aromatic N) is 1. The zero-order valence-electron chi connectivity index (χ0n) is 10.2. The SMILES string of the molecule is NC(=O)N(CC(F)(F)F)NC(=O)OCc1ccccc1. The second-order valence-electron chi connectivity index (χ2n) is 3.71. The van der Waals surface area contributed by atoms with Crippen molar-refractivity contribution in [2.24, 2.45) is 5.73 Å². The summed E-state index contributed by atoms with van der Waals surface area (Å²) >= 11 is 0. The normalized spacial score (nSPS) is 10.8. The number of alkyl halides is 3. The Bertz CT molecular complexity index is 465. The molecule has 0 aliphatic heterocycles. The molecule has 3 N–H and O–H groups in total. The molecule has 0 fully saturated rings. The van der Waals surface area contributed by atoms with Gasteiger partial charge in [-0.05, 0) is 5.56 Å². The molecule has 1 rings (SSSR count). The van der Waals surface area contributed by atoms with E-state index in [2.05, 4.69) is 4.74 Å². The highest BCUT2D eigenvalue weighted by atomic mass is 19.4. The molecule has 0 unspecified atom stereocenters. The first-order valence-electron chi connectivity index (χ1n) is 5.39. The van der Waals surface area contributed by atoms with Crippen molar-refractivity contribution in [2.75, 3.05) is 6.54 Å². The first-order valence-corrected chi connectivity index (χ1v) is 5.39. The van der Waals surface area contributed by atoms with Gasteiger partial charge in [0.2, 0.25) is 0 Å². The zero-order valence-corrected chi connectivity index (χ0v) is 10.2. The van der Waals surface area contributed by atoms with Crippen molar-refractivity contribution >= 4 is 12.1 Å². The summed E-state index contributed by atoms with van der Waals surface area (Å²) in [7, 11) is 0. The van der Waals surface area contributed by atoms with Crippen LogP contribution in [0.2, 0.25) is 0 Å². The summed E-state index contributed by atoms with van der Waals surface area (Å²) in [5.41, 5.74) is 6.98. The monoisotopic (exact) mass is 291 g/mol. The molecule has 0 heterocycles. The van der Waals surface area contributed by atoms with Crippen molar-refractivity contribution in [3.8, 4) is 0 Å². The van der Waals surface area contributed by atoms with E-state index in [9.17, 15) is 22.8 Å². The number of hydrogen-bond acceptors (Lipinski definition) is 3. The molecular formula is C11H12F3N3O3. The van der Waals surface area contributed by atoms with Crippen LogP contribution in [0.25, 0.3) is 0 Å². The van der Waals surface area contributed by atoms with Crippen LogP contribution in [-0.4, -0.2) is 29.9 Å². The van der Waals surface area contributed by atoms with E-state index in [1.54, 1.807) is 35.8 Å². The molecule has 9 heteroatoms. The van der Waals surface area contributed by atoms with E-state index in [0.717, 1.165) is 0 Å². The molecule has 1 aromatic rings. The molecule has 0 spiro atoms. The molecule has 0 aliphatic carbocycles. The quantitative estimate of drug-likeness (QED) is 0.832. The number of carbonyl (C=O) groups excluding carboxylic acids is 2. The van der Waals surface area contributed by atoms with Crippen LogP contribution >= 0.6 is 0 Å². The number of primary amides is 1. The number of nitrogens with two attached hydrogens (primary N) is 1. The van der Waals surface area contributed by atoms with Crippen molar-refractivity contribution in [1.29, 1.82) is 0 Å². The van der Waals surface area contributed by atoms with Crippen LogP contribution in [-0.2, 0) is 11.3 Å². The van der Waals surface area contributed by atoms with E-state index in [4.69, 9.17) is 5.73 Å². The molecule has 0 saturated carbocycles. The third kappa shape index (κ3) is 5.94. The molecule has 110 valence electrons. The first-order chi connectivity index (χ1) is 9.28. The van der Waals surface area contributed by atoms with Crippen LogP contribution in [0.15, 0.2) is 30.3 Å². The second-order valence-corrected chi connectivity index (χ2v) is 3.71. The van der Waals surface area contributed by atoms with E-state index in [0.29, 0.717) is 5.56 Å². The van der Waals surface area contributed by atoms with Crippen LogP contribution < -0.4 is 11.2 Å². The number of amides is 3. The van der Waals surface area contributed by atoms with E-state index < -0.39 is 24.8 Å². The summed E-state index contributed by atoms with van der Waals surface area (Å²) in [5, 5.41) is -0.0761. The minimum absolute atomic E-state index is 0.0761. The van der Waals surface area contributed by atoms with E-state index in [-0.39, 0.29) is 11.6 Å².